The fraction of sp³-hybridized carbons (Fsp3) is 0.200. The first kappa shape index (κ1) is 13.7. The van der Waals surface area contributed by atoms with E-state index >= 15 is 0 Å². The Morgan fingerprint density at radius 2 is 2.11 bits per heavy atom. The van der Waals surface area contributed by atoms with Crippen LogP contribution < -0.4 is 5.32 Å². The van der Waals surface area contributed by atoms with E-state index in [1.807, 2.05) is 42.5 Å². The summed E-state index contributed by atoms with van der Waals surface area (Å²) in [4.78, 5) is 16.2. The molecule has 0 spiro atoms. The third-order valence-electron chi connectivity index (χ3n) is 2.74. The van der Waals surface area contributed by atoms with Gasteiger partial charge < -0.3 is 5.32 Å². The third-order valence-corrected chi connectivity index (χ3v) is 3.38. The number of hydrogen-bond acceptors (Lipinski definition) is 2. The van der Waals surface area contributed by atoms with Gasteiger partial charge in [-0.3, -0.25) is 9.78 Å². The summed E-state index contributed by atoms with van der Waals surface area (Å²) in [5, 5.41) is 3.66. The molecule has 4 heteroatoms. The highest BCUT2D eigenvalue weighted by Gasteiger charge is 2.05. The highest BCUT2D eigenvalue weighted by atomic mass is 79.9. The number of halogens is 1. The maximum atomic E-state index is 12.0. The van der Waals surface area contributed by atoms with Gasteiger partial charge in [-0.1, -0.05) is 34.1 Å². The number of alkyl halides is 1. The maximum absolute atomic E-state index is 12.0. The monoisotopic (exact) mass is 318 g/mol. The first-order chi connectivity index (χ1) is 9.29. The SMILES string of the molecule is O=C(NCCc1ccccn1)c1cccc(CBr)c1. The van der Waals surface area contributed by atoms with E-state index in [1.165, 1.54) is 0 Å². The Labute approximate surface area is 121 Å². The average Bonchev–Trinajstić information content (AvgIpc) is 2.48. The van der Waals surface area contributed by atoms with Gasteiger partial charge >= 0.3 is 0 Å². The fourth-order valence-electron chi connectivity index (χ4n) is 1.75. The number of hydrogen-bond donors (Lipinski definition) is 1. The van der Waals surface area contributed by atoms with Crippen molar-refractivity contribution in [1.82, 2.24) is 10.3 Å². The van der Waals surface area contributed by atoms with E-state index in [0.29, 0.717) is 12.1 Å². The second kappa shape index (κ2) is 7.04. The molecule has 1 aromatic carbocycles. The summed E-state index contributed by atoms with van der Waals surface area (Å²) >= 11 is 3.38. The standard InChI is InChI=1S/C15H15BrN2O/c16-11-12-4-3-5-13(10-12)15(19)18-9-7-14-6-1-2-8-17-14/h1-6,8,10H,7,9,11H2,(H,18,19). The van der Waals surface area contributed by atoms with Crippen molar-refractivity contribution < 1.29 is 4.79 Å². The van der Waals surface area contributed by atoms with Gasteiger partial charge in [-0.05, 0) is 29.8 Å². The maximum Gasteiger partial charge on any atom is 0.251 e. The zero-order chi connectivity index (χ0) is 13.5. The van der Waals surface area contributed by atoms with Gasteiger partial charge in [0.1, 0.15) is 0 Å². The molecule has 0 aliphatic heterocycles. The van der Waals surface area contributed by atoms with E-state index in [-0.39, 0.29) is 5.91 Å². The van der Waals surface area contributed by atoms with Crippen LogP contribution >= 0.6 is 15.9 Å². The zero-order valence-corrected chi connectivity index (χ0v) is 12.1. The Morgan fingerprint density at radius 3 is 2.84 bits per heavy atom. The van der Waals surface area contributed by atoms with Crippen molar-refractivity contribution >= 4 is 21.8 Å². The lowest BCUT2D eigenvalue weighted by Crippen LogP contribution is -2.25. The predicted molar refractivity (Wildman–Crippen MR) is 79.3 cm³/mol. The van der Waals surface area contributed by atoms with Gasteiger partial charge in [0.15, 0.2) is 0 Å². The van der Waals surface area contributed by atoms with Crippen molar-refractivity contribution in [3.8, 4) is 0 Å². The summed E-state index contributed by atoms with van der Waals surface area (Å²) in [6.45, 7) is 0.592. The van der Waals surface area contributed by atoms with Crippen LogP contribution in [0.3, 0.4) is 0 Å². The van der Waals surface area contributed by atoms with Gasteiger partial charge in [0.2, 0.25) is 0 Å². The van der Waals surface area contributed by atoms with Gasteiger partial charge in [-0.2, -0.15) is 0 Å². The number of pyridine rings is 1. The number of benzene rings is 1. The van der Waals surface area contributed by atoms with Crippen LogP contribution in [-0.2, 0) is 11.8 Å². The highest BCUT2D eigenvalue weighted by Crippen LogP contribution is 2.08. The van der Waals surface area contributed by atoms with Crippen LogP contribution in [0.2, 0.25) is 0 Å². The van der Waals surface area contributed by atoms with E-state index in [2.05, 4.69) is 26.2 Å². The molecule has 0 aliphatic rings. The molecule has 2 rings (SSSR count). The first-order valence-corrected chi connectivity index (χ1v) is 7.25. The number of aromatic nitrogens is 1. The molecule has 0 aliphatic carbocycles. The van der Waals surface area contributed by atoms with Crippen LogP contribution in [0.15, 0.2) is 48.7 Å². The van der Waals surface area contributed by atoms with Gasteiger partial charge in [-0.25, -0.2) is 0 Å². The van der Waals surface area contributed by atoms with Crippen LogP contribution in [0.1, 0.15) is 21.6 Å². The molecule has 1 N–H and O–H groups in total. The molecule has 1 aromatic heterocycles. The predicted octanol–water partition coefficient (Wildman–Crippen LogP) is 2.95. The minimum absolute atomic E-state index is 0.0428. The molecule has 0 atom stereocenters. The molecular weight excluding hydrogens is 304 g/mol. The largest absolute Gasteiger partial charge is 0.352 e. The number of amides is 1. The Kier molecular flexibility index (Phi) is 5.10. The van der Waals surface area contributed by atoms with Crippen molar-refractivity contribution in [2.45, 2.75) is 11.8 Å². The minimum Gasteiger partial charge on any atom is -0.352 e. The van der Waals surface area contributed by atoms with Crippen LogP contribution in [0.4, 0.5) is 0 Å². The summed E-state index contributed by atoms with van der Waals surface area (Å²) in [7, 11) is 0. The summed E-state index contributed by atoms with van der Waals surface area (Å²) < 4.78 is 0. The second-order valence-corrected chi connectivity index (χ2v) is 4.72. The van der Waals surface area contributed by atoms with Crippen LogP contribution in [0.25, 0.3) is 0 Å². The molecule has 0 bridgehead atoms. The number of nitrogens with one attached hydrogen (secondary N) is 1. The smallest absolute Gasteiger partial charge is 0.251 e. The second-order valence-electron chi connectivity index (χ2n) is 4.16. The quantitative estimate of drug-likeness (QED) is 0.861. The molecule has 0 unspecified atom stereocenters. The molecule has 2 aromatic rings. The Balaban J connectivity index is 1.87. The number of nitrogens with zero attached hydrogens (tertiary/aromatic N) is 1. The normalized spacial score (nSPS) is 10.2. The number of carbonyl (C=O) groups is 1. The van der Waals surface area contributed by atoms with E-state index in [4.69, 9.17) is 0 Å². The van der Waals surface area contributed by atoms with Gasteiger partial charge in [0.25, 0.3) is 5.91 Å². The average molecular weight is 319 g/mol. The summed E-state index contributed by atoms with van der Waals surface area (Å²) in [5.41, 5.74) is 2.77. The lowest BCUT2D eigenvalue weighted by Gasteiger charge is -2.06. The molecule has 1 heterocycles. The molecule has 0 fully saturated rings. The van der Waals surface area contributed by atoms with E-state index in [1.54, 1.807) is 6.20 Å². The summed E-state index contributed by atoms with van der Waals surface area (Å²) in [6.07, 6.45) is 2.50. The van der Waals surface area contributed by atoms with E-state index in [0.717, 1.165) is 23.0 Å². The molecule has 19 heavy (non-hydrogen) atoms. The topological polar surface area (TPSA) is 42.0 Å². The van der Waals surface area contributed by atoms with Gasteiger partial charge in [-0.15, -0.1) is 0 Å². The van der Waals surface area contributed by atoms with Crippen molar-refractivity contribution in [2.75, 3.05) is 6.54 Å². The molecule has 3 nitrogen and oxygen atoms in total. The van der Waals surface area contributed by atoms with Crippen molar-refractivity contribution in [1.29, 1.82) is 0 Å². The van der Waals surface area contributed by atoms with Gasteiger partial charge in [0, 0.05) is 35.7 Å². The zero-order valence-electron chi connectivity index (χ0n) is 10.5. The molecule has 98 valence electrons. The van der Waals surface area contributed by atoms with E-state index in [9.17, 15) is 4.79 Å². The number of rotatable bonds is 5. The lowest BCUT2D eigenvalue weighted by atomic mass is 10.1. The minimum atomic E-state index is -0.0428. The summed E-state index contributed by atoms with van der Waals surface area (Å²) in [6, 6.07) is 13.4. The number of carbonyl (C=O) groups excluding carboxylic acids is 1. The Morgan fingerprint density at radius 1 is 1.21 bits per heavy atom. The first-order valence-electron chi connectivity index (χ1n) is 6.12. The summed E-state index contributed by atoms with van der Waals surface area (Å²) in [5.74, 6) is -0.0428. The molecule has 1 amide bonds. The molecular formula is C15H15BrN2O. The lowest BCUT2D eigenvalue weighted by molar-refractivity contribution is 0.0954. The fourth-order valence-corrected chi connectivity index (χ4v) is 2.10. The van der Waals surface area contributed by atoms with Crippen LogP contribution in [-0.4, -0.2) is 17.4 Å². The Hall–Kier alpha value is -1.68. The van der Waals surface area contributed by atoms with Gasteiger partial charge in [0.05, 0.1) is 0 Å². The molecule has 0 saturated heterocycles. The van der Waals surface area contributed by atoms with Crippen LogP contribution in [0, 0.1) is 0 Å². The highest BCUT2D eigenvalue weighted by molar-refractivity contribution is 9.08. The molecule has 0 radical (unpaired) electrons. The van der Waals surface area contributed by atoms with Crippen molar-refractivity contribution in [3.63, 3.8) is 0 Å². The van der Waals surface area contributed by atoms with E-state index < -0.39 is 0 Å². The molecule has 0 saturated carbocycles. The Bertz CT molecular complexity index is 543. The van der Waals surface area contributed by atoms with Crippen molar-refractivity contribution in [2.24, 2.45) is 0 Å². The van der Waals surface area contributed by atoms with Crippen molar-refractivity contribution in [3.05, 3.63) is 65.5 Å². The van der Waals surface area contributed by atoms with Crippen LogP contribution in [0.5, 0.6) is 0 Å². The third kappa shape index (κ3) is 4.17.